The number of anilines is 1. The van der Waals surface area contributed by atoms with Gasteiger partial charge in [0.1, 0.15) is 5.75 Å². The second-order valence-corrected chi connectivity index (χ2v) is 4.35. The van der Waals surface area contributed by atoms with Gasteiger partial charge in [0.2, 0.25) is 5.91 Å². The minimum Gasteiger partial charge on any atom is -0.481 e. The van der Waals surface area contributed by atoms with Crippen LogP contribution in [0.25, 0.3) is 0 Å². The molecule has 20 heavy (non-hydrogen) atoms. The highest BCUT2D eigenvalue weighted by molar-refractivity contribution is 5.98. The van der Waals surface area contributed by atoms with Gasteiger partial charge in [-0.2, -0.15) is 0 Å². The van der Waals surface area contributed by atoms with Gasteiger partial charge in [0.25, 0.3) is 0 Å². The molecule has 0 aromatic heterocycles. The van der Waals surface area contributed by atoms with E-state index in [1.54, 1.807) is 0 Å². The molecule has 1 aromatic rings. The predicted molar refractivity (Wildman–Crippen MR) is 61.0 cm³/mol. The van der Waals surface area contributed by atoms with Crippen LogP contribution in [0.4, 0.5) is 18.9 Å². The summed E-state index contributed by atoms with van der Waals surface area (Å²) < 4.78 is 39.8. The molecule has 2 N–H and O–H groups in total. The first-order valence-electron chi connectivity index (χ1n) is 5.66. The van der Waals surface area contributed by atoms with Gasteiger partial charge in [-0.1, -0.05) is 6.07 Å². The Morgan fingerprint density at radius 1 is 1.30 bits per heavy atom. The zero-order chi connectivity index (χ0) is 14.9. The Bertz CT molecular complexity index is 544. The van der Waals surface area contributed by atoms with Crippen LogP contribution in [-0.2, 0) is 9.59 Å². The van der Waals surface area contributed by atoms with Crippen LogP contribution < -0.4 is 10.1 Å². The number of carboxylic acid groups (broad SMARTS) is 1. The number of benzene rings is 1. The van der Waals surface area contributed by atoms with E-state index in [0.717, 1.165) is 12.1 Å². The van der Waals surface area contributed by atoms with Gasteiger partial charge in [-0.3, -0.25) is 9.59 Å². The van der Waals surface area contributed by atoms with Crippen LogP contribution in [0.2, 0.25) is 0 Å². The Kier molecular flexibility index (Phi) is 3.56. The van der Waals surface area contributed by atoms with E-state index in [-0.39, 0.29) is 12.1 Å². The minimum absolute atomic E-state index is 0.118. The van der Waals surface area contributed by atoms with Crippen LogP contribution in [0.5, 0.6) is 5.75 Å². The molecule has 2 rings (SSSR count). The van der Waals surface area contributed by atoms with Crippen molar-refractivity contribution >= 4 is 17.6 Å². The normalized spacial score (nSPS) is 21.1. The number of ether oxygens (including phenoxy) is 1. The fraction of sp³-hybridized carbons (Fsp3) is 0.333. The molecule has 0 spiro atoms. The molecule has 0 heterocycles. The summed E-state index contributed by atoms with van der Waals surface area (Å²) in [6.07, 6.45) is -4.58. The van der Waals surface area contributed by atoms with Crippen molar-refractivity contribution in [3.05, 3.63) is 24.3 Å². The predicted octanol–water partition coefficient (Wildman–Crippen LogP) is 2.24. The van der Waals surface area contributed by atoms with Gasteiger partial charge < -0.3 is 15.2 Å². The number of carboxylic acids is 1. The molecule has 108 valence electrons. The molecule has 0 unspecified atom stereocenters. The number of carbonyl (C=O) groups excluding carboxylic acids is 1. The van der Waals surface area contributed by atoms with Crippen LogP contribution >= 0.6 is 0 Å². The van der Waals surface area contributed by atoms with Gasteiger partial charge in [0, 0.05) is 11.8 Å². The Morgan fingerprint density at radius 3 is 2.55 bits per heavy atom. The van der Waals surface area contributed by atoms with E-state index in [2.05, 4.69) is 10.1 Å². The van der Waals surface area contributed by atoms with Crippen LogP contribution in [0.1, 0.15) is 6.42 Å². The van der Waals surface area contributed by atoms with Crippen LogP contribution in [0.3, 0.4) is 0 Å². The Hall–Kier alpha value is -2.25. The van der Waals surface area contributed by atoms with Crippen molar-refractivity contribution in [2.75, 3.05) is 5.32 Å². The zero-order valence-electron chi connectivity index (χ0n) is 9.98. The Morgan fingerprint density at radius 2 is 2.00 bits per heavy atom. The molecule has 2 atom stereocenters. The average Bonchev–Trinajstić information content (AvgIpc) is 3.06. The van der Waals surface area contributed by atoms with Crippen molar-refractivity contribution in [2.45, 2.75) is 12.8 Å². The average molecular weight is 289 g/mol. The standard InChI is InChI=1S/C12H10F3NO4/c13-12(14,15)20-7-3-1-2-6(4-7)16-10(17)8-5-9(8)11(18)19/h1-4,8-9H,5H2,(H,16,17)(H,18,19)/t8-,9+/m1/s1. The Balaban J connectivity index is 1.98. The van der Waals surface area contributed by atoms with Crippen LogP contribution in [0, 0.1) is 11.8 Å². The summed E-state index contributed by atoms with van der Waals surface area (Å²) in [5, 5.41) is 11.1. The monoisotopic (exact) mass is 289 g/mol. The highest BCUT2D eigenvalue weighted by atomic mass is 19.4. The molecular weight excluding hydrogens is 279 g/mol. The third-order valence-corrected chi connectivity index (χ3v) is 2.78. The maximum absolute atomic E-state index is 12.0. The Labute approximate surface area is 111 Å². The lowest BCUT2D eigenvalue weighted by Gasteiger charge is -2.10. The zero-order valence-corrected chi connectivity index (χ0v) is 9.98. The molecule has 8 heteroatoms. The van der Waals surface area contributed by atoms with Gasteiger partial charge in [-0.05, 0) is 18.6 Å². The number of carbonyl (C=O) groups is 2. The molecule has 1 aliphatic rings. The first-order chi connectivity index (χ1) is 9.26. The lowest BCUT2D eigenvalue weighted by atomic mass is 10.2. The minimum atomic E-state index is -4.81. The molecular formula is C12H10F3NO4. The first-order valence-corrected chi connectivity index (χ1v) is 5.66. The smallest absolute Gasteiger partial charge is 0.481 e. The first kappa shape index (κ1) is 14.2. The van der Waals surface area contributed by atoms with Crippen LogP contribution in [0.15, 0.2) is 24.3 Å². The summed E-state index contributed by atoms with van der Waals surface area (Å²) in [4.78, 5) is 22.3. The van der Waals surface area contributed by atoms with Gasteiger partial charge >= 0.3 is 12.3 Å². The van der Waals surface area contributed by atoms with Crippen molar-refractivity contribution in [3.8, 4) is 5.75 Å². The van der Waals surface area contributed by atoms with Crippen molar-refractivity contribution in [2.24, 2.45) is 11.8 Å². The number of hydrogen-bond acceptors (Lipinski definition) is 3. The highest BCUT2D eigenvalue weighted by Crippen LogP contribution is 2.39. The molecule has 1 saturated carbocycles. The lowest BCUT2D eigenvalue weighted by Crippen LogP contribution is -2.18. The second kappa shape index (κ2) is 5.03. The fourth-order valence-electron chi connectivity index (χ4n) is 1.76. The summed E-state index contributed by atoms with van der Waals surface area (Å²) in [6, 6.07) is 4.79. The third-order valence-electron chi connectivity index (χ3n) is 2.78. The van der Waals surface area contributed by atoms with E-state index in [1.165, 1.54) is 12.1 Å². The molecule has 0 aliphatic heterocycles. The SMILES string of the molecule is O=C(O)[C@H]1C[C@H]1C(=O)Nc1cccc(OC(F)(F)F)c1. The molecule has 0 radical (unpaired) electrons. The van der Waals surface area contributed by atoms with E-state index < -0.39 is 35.8 Å². The van der Waals surface area contributed by atoms with E-state index in [9.17, 15) is 22.8 Å². The fourth-order valence-corrected chi connectivity index (χ4v) is 1.76. The second-order valence-electron chi connectivity index (χ2n) is 4.35. The molecule has 1 fully saturated rings. The number of amides is 1. The number of alkyl halides is 3. The number of hydrogen-bond donors (Lipinski definition) is 2. The van der Waals surface area contributed by atoms with Gasteiger partial charge in [-0.15, -0.1) is 13.2 Å². The summed E-state index contributed by atoms with van der Waals surface area (Å²) in [5.74, 6) is -3.40. The van der Waals surface area contributed by atoms with Gasteiger partial charge in [0.05, 0.1) is 11.8 Å². The van der Waals surface area contributed by atoms with E-state index in [0.29, 0.717) is 0 Å². The van der Waals surface area contributed by atoms with Crippen LogP contribution in [-0.4, -0.2) is 23.3 Å². The number of halogens is 3. The van der Waals surface area contributed by atoms with Crippen molar-refractivity contribution in [1.29, 1.82) is 0 Å². The molecule has 1 aromatic carbocycles. The molecule has 1 amide bonds. The van der Waals surface area contributed by atoms with Crippen molar-refractivity contribution in [1.82, 2.24) is 0 Å². The summed E-state index contributed by atoms with van der Waals surface area (Å²) in [5.41, 5.74) is 0.118. The summed E-state index contributed by atoms with van der Waals surface area (Å²) in [7, 11) is 0. The van der Waals surface area contributed by atoms with Crippen molar-refractivity contribution in [3.63, 3.8) is 0 Å². The van der Waals surface area contributed by atoms with Gasteiger partial charge in [-0.25, -0.2) is 0 Å². The quantitative estimate of drug-likeness (QED) is 0.891. The lowest BCUT2D eigenvalue weighted by molar-refractivity contribution is -0.274. The maximum Gasteiger partial charge on any atom is 0.573 e. The van der Waals surface area contributed by atoms with E-state index >= 15 is 0 Å². The number of nitrogens with one attached hydrogen (secondary N) is 1. The molecule has 5 nitrogen and oxygen atoms in total. The van der Waals surface area contributed by atoms with Gasteiger partial charge in [0.15, 0.2) is 0 Å². The molecule has 1 aliphatic carbocycles. The third kappa shape index (κ3) is 3.62. The summed E-state index contributed by atoms with van der Waals surface area (Å²) in [6.45, 7) is 0. The van der Waals surface area contributed by atoms with E-state index in [1.807, 2.05) is 0 Å². The maximum atomic E-state index is 12.0. The topological polar surface area (TPSA) is 75.6 Å². The molecule has 0 saturated heterocycles. The summed E-state index contributed by atoms with van der Waals surface area (Å²) >= 11 is 0. The number of aliphatic carboxylic acids is 1. The van der Waals surface area contributed by atoms with E-state index in [4.69, 9.17) is 5.11 Å². The largest absolute Gasteiger partial charge is 0.573 e. The number of rotatable bonds is 4. The molecule has 0 bridgehead atoms. The van der Waals surface area contributed by atoms with Crippen molar-refractivity contribution < 1.29 is 32.6 Å². The highest BCUT2D eigenvalue weighted by Gasteiger charge is 2.48.